The molecule has 2 atom stereocenters. The second kappa shape index (κ2) is 11.3. The lowest BCUT2D eigenvalue weighted by atomic mass is 10.1. The highest BCUT2D eigenvalue weighted by Gasteiger charge is 2.22. The zero-order valence-electron chi connectivity index (χ0n) is 18.8. The van der Waals surface area contributed by atoms with Gasteiger partial charge in [0, 0.05) is 17.8 Å². The molecule has 2 heterocycles. The van der Waals surface area contributed by atoms with Crippen molar-refractivity contribution in [3.63, 3.8) is 0 Å². The highest BCUT2D eigenvalue weighted by Crippen LogP contribution is 2.25. The Labute approximate surface area is 203 Å². The Morgan fingerprint density at radius 3 is 2.42 bits per heavy atom. The van der Waals surface area contributed by atoms with Crippen LogP contribution in [0.15, 0.2) is 83.3 Å². The standard InChI is InChI=1S/C26H28N4OS2/c1-19(22-12-7-4-8-13-22)27-25(31)20(2)33-26-29-28-24(18-23-14-9-17-32-23)30(26)16-15-21-10-5-3-6-11-21/h3-14,17,19-20H,15-16,18H2,1-2H3,(H,27,31). The molecule has 0 saturated carbocycles. The van der Waals surface area contributed by atoms with E-state index in [0.717, 1.165) is 35.9 Å². The van der Waals surface area contributed by atoms with Crippen LogP contribution >= 0.6 is 23.1 Å². The summed E-state index contributed by atoms with van der Waals surface area (Å²) in [6.45, 7) is 4.70. The minimum atomic E-state index is -0.287. The van der Waals surface area contributed by atoms with Crippen LogP contribution in [-0.2, 0) is 24.2 Å². The summed E-state index contributed by atoms with van der Waals surface area (Å²) in [6.07, 6.45) is 1.63. The van der Waals surface area contributed by atoms with Gasteiger partial charge in [-0.3, -0.25) is 4.79 Å². The number of amides is 1. The maximum absolute atomic E-state index is 12.9. The molecule has 0 spiro atoms. The molecule has 0 bridgehead atoms. The summed E-state index contributed by atoms with van der Waals surface area (Å²) in [7, 11) is 0. The molecule has 5 nitrogen and oxygen atoms in total. The number of thiophene rings is 1. The van der Waals surface area contributed by atoms with Gasteiger partial charge in [0.25, 0.3) is 0 Å². The predicted octanol–water partition coefficient (Wildman–Crippen LogP) is 5.53. The third kappa shape index (κ3) is 6.33. The number of thioether (sulfide) groups is 1. The van der Waals surface area contributed by atoms with Crippen LogP contribution in [-0.4, -0.2) is 25.9 Å². The largest absolute Gasteiger partial charge is 0.349 e. The van der Waals surface area contributed by atoms with E-state index in [4.69, 9.17) is 0 Å². The van der Waals surface area contributed by atoms with Crippen molar-refractivity contribution in [3.05, 3.63) is 100 Å². The van der Waals surface area contributed by atoms with Crippen LogP contribution in [0.3, 0.4) is 0 Å². The van der Waals surface area contributed by atoms with Crippen LogP contribution in [0.4, 0.5) is 0 Å². The van der Waals surface area contributed by atoms with Crippen molar-refractivity contribution in [2.24, 2.45) is 0 Å². The molecule has 7 heteroatoms. The minimum Gasteiger partial charge on any atom is -0.349 e. The average Bonchev–Trinajstić information content (AvgIpc) is 3.49. The quantitative estimate of drug-likeness (QED) is 0.306. The van der Waals surface area contributed by atoms with E-state index in [1.165, 1.54) is 22.2 Å². The van der Waals surface area contributed by atoms with Crippen molar-refractivity contribution in [2.45, 2.75) is 49.7 Å². The number of carbonyl (C=O) groups excluding carboxylic acids is 1. The molecule has 0 fully saturated rings. The SMILES string of the molecule is CC(Sc1nnc(Cc2cccs2)n1CCc1ccccc1)C(=O)NC(C)c1ccccc1. The third-order valence-electron chi connectivity index (χ3n) is 5.48. The molecule has 1 N–H and O–H groups in total. The van der Waals surface area contributed by atoms with E-state index in [1.807, 2.05) is 50.2 Å². The van der Waals surface area contributed by atoms with Crippen LogP contribution in [0.25, 0.3) is 0 Å². The summed E-state index contributed by atoms with van der Waals surface area (Å²) in [5.74, 6) is 0.926. The number of benzene rings is 2. The molecule has 2 aromatic heterocycles. The maximum atomic E-state index is 12.9. The Morgan fingerprint density at radius 1 is 1.00 bits per heavy atom. The Bertz CT molecular complexity index is 1140. The van der Waals surface area contributed by atoms with Gasteiger partial charge in [-0.15, -0.1) is 21.5 Å². The molecular weight excluding hydrogens is 448 g/mol. The normalized spacial score (nSPS) is 12.9. The summed E-state index contributed by atoms with van der Waals surface area (Å²) in [5.41, 5.74) is 2.36. The highest BCUT2D eigenvalue weighted by atomic mass is 32.2. The van der Waals surface area contributed by atoms with Crippen molar-refractivity contribution in [1.82, 2.24) is 20.1 Å². The van der Waals surface area contributed by atoms with Crippen molar-refractivity contribution in [3.8, 4) is 0 Å². The molecule has 170 valence electrons. The van der Waals surface area contributed by atoms with Crippen LogP contribution in [0, 0.1) is 0 Å². The monoisotopic (exact) mass is 476 g/mol. The number of aromatic nitrogens is 3. The first kappa shape index (κ1) is 23.3. The van der Waals surface area contributed by atoms with E-state index < -0.39 is 0 Å². The maximum Gasteiger partial charge on any atom is 0.233 e. The van der Waals surface area contributed by atoms with Gasteiger partial charge in [0.15, 0.2) is 5.16 Å². The summed E-state index contributed by atoms with van der Waals surface area (Å²) < 4.78 is 2.17. The number of hydrogen-bond acceptors (Lipinski definition) is 5. The topological polar surface area (TPSA) is 59.8 Å². The van der Waals surface area contributed by atoms with Gasteiger partial charge < -0.3 is 9.88 Å². The second-order valence-corrected chi connectivity index (χ2v) is 10.3. The van der Waals surface area contributed by atoms with E-state index in [1.54, 1.807) is 11.3 Å². The first-order valence-corrected chi connectivity index (χ1v) is 12.9. The lowest BCUT2D eigenvalue weighted by Gasteiger charge is -2.18. The summed E-state index contributed by atoms with van der Waals surface area (Å²) in [6, 6.07) is 24.6. The van der Waals surface area contributed by atoms with Gasteiger partial charge in [-0.05, 0) is 42.8 Å². The van der Waals surface area contributed by atoms with Crippen molar-refractivity contribution in [1.29, 1.82) is 0 Å². The van der Waals surface area contributed by atoms with Gasteiger partial charge in [0.1, 0.15) is 5.82 Å². The fourth-order valence-corrected chi connectivity index (χ4v) is 5.19. The molecule has 2 aromatic carbocycles. The molecule has 33 heavy (non-hydrogen) atoms. The Kier molecular flexibility index (Phi) is 7.96. The van der Waals surface area contributed by atoms with Crippen molar-refractivity contribution in [2.75, 3.05) is 0 Å². The van der Waals surface area contributed by atoms with Crippen LogP contribution in [0.5, 0.6) is 0 Å². The van der Waals surface area contributed by atoms with Gasteiger partial charge in [-0.2, -0.15) is 0 Å². The molecule has 0 radical (unpaired) electrons. The highest BCUT2D eigenvalue weighted by molar-refractivity contribution is 8.00. The first-order valence-electron chi connectivity index (χ1n) is 11.1. The molecule has 0 saturated heterocycles. The Hall–Kier alpha value is -2.90. The molecule has 0 aliphatic rings. The summed E-state index contributed by atoms with van der Waals surface area (Å²) in [5, 5.41) is 14.7. The fraction of sp³-hybridized carbons (Fsp3) is 0.269. The van der Waals surface area contributed by atoms with Crippen LogP contribution < -0.4 is 5.32 Å². The predicted molar refractivity (Wildman–Crippen MR) is 136 cm³/mol. The lowest BCUT2D eigenvalue weighted by molar-refractivity contribution is -0.120. The number of nitrogens with zero attached hydrogens (tertiary/aromatic N) is 3. The molecule has 4 aromatic rings. The minimum absolute atomic E-state index is 0.00577. The molecule has 4 rings (SSSR count). The third-order valence-corrected chi connectivity index (χ3v) is 7.44. The molecule has 0 aliphatic heterocycles. The van der Waals surface area contributed by atoms with E-state index >= 15 is 0 Å². The van der Waals surface area contributed by atoms with E-state index in [-0.39, 0.29) is 17.2 Å². The summed E-state index contributed by atoms with van der Waals surface area (Å²) >= 11 is 3.19. The number of hydrogen-bond donors (Lipinski definition) is 1. The smallest absolute Gasteiger partial charge is 0.233 e. The number of nitrogens with one attached hydrogen (secondary N) is 1. The van der Waals surface area contributed by atoms with Gasteiger partial charge in [0.2, 0.25) is 5.91 Å². The van der Waals surface area contributed by atoms with E-state index in [9.17, 15) is 4.79 Å². The Balaban J connectivity index is 1.47. The zero-order chi connectivity index (χ0) is 23.0. The zero-order valence-corrected chi connectivity index (χ0v) is 20.5. The fourth-order valence-electron chi connectivity index (χ4n) is 3.58. The average molecular weight is 477 g/mol. The van der Waals surface area contributed by atoms with Gasteiger partial charge in [-0.1, -0.05) is 78.5 Å². The first-order chi connectivity index (χ1) is 16.1. The van der Waals surface area contributed by atoms with Gasteiger partial charge in [-0.25, -0.2) is 0 Å². The van der Waals surface area contributed by atoms with Crippen LogP contribution in [0.2, 0.25) is 0 Å². The van der Waals surface area contributed by atoms with Gasteiger partial charge >= 0.3 is 0 Å². The Morgan fingerprint density at radius 2 is 1.73 bits per heavy atom. The molecule has 2 unspecified atom stereocenters. The van der Waals surface area contributed by atoms with E-state index in [0.29, 0.717) is 0 Å². The number of carbonyl (C=O) groups is 1. The molecule has 1 amide bonds. The van der Waals surface area contributed by atoms with Crippen LogP contribution in [0.1, 0.15) is 41.7 Å². The second-order valence-electron chi connectivity index (χ2n) is 7.94. The van der Waals surface area contributed by atoms with E-state index in [2.05, 4.69) is 61.9 Å². The number of aryl methyl sites for hydroxylation is 1. The summed E-state index contributed by atoms with van der Waals surface area (Å²) in [4.78, 5) is 14.1. The van der Waals surface area contributed by atoms with Crippen molar-refractivity contribution < 1.29 is 4.79 Å². The molecule has 0 aliphatic carbocycles. The molecular formula is C26H28N4OS2. The van der Waals surface area contributed by atoms with Crippen molar-refractivity contribution >= 4 is 29.0 Å². The number of rotatable bonds is 10. The lowest BCUT2D eigenvalue weighted by Crippen LogP contribution is -2.33. The van der Waals surface area contributed by atoms with Gasteiger partial charge in [0.05, 0.1) is 11.3 Å².